The van der Waals surface area contributed by atoms with Gasteiger partial charge in [0.2, 0.25) is 11.8 Å². The third-order valence-electron chi connectivity index (χ3n) is 7.85. The van der Waals surface area contributed by atoms with Gasteiger partial charge in [-0.3, -0.25) is 9.59 Å². The molecule has 0 aliphatic carbocycles. The van der Waals surface area contributed by atoms with E-state index in [1.807, 2.05) is 68.5 Å². The van der Waals surface area contributed by atoms with Crippen LogP contribution in [0.3, 0.4) is 0 Å². The van der Waals surface area contributed by atoms with Crippen LogP contribution in [0.2, 0.25) is 18.6 Å². The van der Waals surface area contributed by atoms with Crippen LogP contribution in [0.15, 0.2) is 48.5 Å². The molecule has 2 aromatic carbocycles. The van der Waals surface area contributed by atoms with E-state index in [2.05, 4.69) is 5.32 Å². The van der Waals surface area contributed by atoms with Crippen LogP contribution in [-0.2, 0) is 20.9 Å². The Morgan fingerprint density at radius 1 is 1.26 bits per heavy atom. The van der Waals surface area contributed by atoms with Crippen LogP contribution in [0, 0.1) is 5.92 Å². The van der Waals surface area contributed by atoms with Crippen molar-refractivity contribution < 1.29 is 29.0 Å². The van der Waals surface area contributed by atoms with Gasteiger partial charge in [-0.05, 0) is 36.9 Å². The summed E-state index contributed by atoms with van der Waals surface area (Å²) in [6.45, 7) is 7.79. The van der Waals surface area contributed by atoms with E-state index in [1.54, 1.807) is 16.9 Å². The zero-order valence-electron chi connectivity index (χ0n) is 23.3. The molecule has 4 rings (SSSR count). The zero-order valence-corrected chi connectivity index (χ0v) is 24.3. The largest absolute Gasteiger partial charge is 0.490 e. The molecule has 39 heavy (non-hydrogen) atoms. The van der Waals surface area contributed by atoms with Crippen molar-refractivity contribution in [1.29, 1.82) is 0 Å². The fourth-order valence-corrected chi connectivity index (χ4v) is 7.56. The number of nitrogens with one attached hydrogen (secondary N) is 1. The van der Waals surface area contributed by atoms with E-state index in [-0.39, 0.29) is 43.4 Å². The number of methoxy groups -OCH3 is 1. The highest BCUT2D eigenvalue weighted by Gasteiger charge is 2.47. The molecule has 0 bridgehead atoms. The molecular weight excluding hydrogens is 514 g/mol. The Morgan fingerprint density at radius 3 is 2.64 bits per heavy atom. The van der Waals surface area contributed by atoms with Crippen molar-refractivity contribution in [3.63, 3.8) is 0 Å². The molecule has 0 aromatic heterocycles. The SMILES string of the molecule is CO[C@@H]1c2cc(N3CCNCC3=O)ccc2O[C@H](C(CC(=O)N(CCO)Cc2ccccc2)[Si](C)(C)O)[C@H]1C. The minimum absolute atomic E-state index is 0.0207. The zero-order chi connectivity index (χ0) is 28.2. The molecule has 2 aromatic rings. The van der Waals surface area contributed by atoms with Crippen molar-refractivity contribution >= 4 is 25.8 Å². The molecule has 2 amide bonds. The number of benzene rings is 2. The topological polar surface area (TPSA) is 112 Å². The third kappa shape index (κ3) is 6.70. The number of piperazine rings is 1. The number of hydrogen-bond donors (Lipinski definition) is 3. The second kappa shape index (κ2) is 12.6. The van der Waals surface area contributed by atoms with Crippen molar-refractivity contribution in [2.75, 3.05) is 44.8 Å². The number of amides is 2. The molecule has 1 unspecified atom stereocenters. The predicted octanol–water partition coefficient (Wildman–Crippen LogP) is 2.69. The maximum Gasteiger partial charge on any atom is 0.240 e. The average molecular weight is 556 g/mol. The lowest BCUT2D eigenvalue weighted by molar-refractivity contribution is -0.133. The molecule has 1 saturated heterocycles. The minimum Gasteiger partial charge on any atom is -0.490 e. The monoisotopic (exact) mass is 555 g/mol. The van der Waals surface area contributed by atoms with E-state index >= 15 is 0 Å². The molecule has 2 heterocycles. The van der Waals surface area contributed by atoms with Gasteiger partial charge in [-0.1, -0.05) is 37.3 Å². The van der Waals surface area contributed by atoms with Gasteiger partial charge in [0.15, 0.2) is 8.32 Å². The Bertz CT molecular complexity index is 1140. The van der Waals surface area contributed by atoms with E-state index in [9.17, 15) is 19.5 Å². The maximum absolute atomic E-state index is 13.6. The molecule has 1 fully saturated rings. The number of aliphatic hydroxyl groups is 1. The summed E-state index contributed by atoms with van der Waals surface area (Å²) in [5.74, 6) is 0.375. The standard InChI is InChI=1S/C29H41N3O6Si/c1-20-28(37-2)23-16-22(32-13-12-30-18-27(32)35)10-11-24(23)38-29(20)25(39(3,4)36)17-26(34)31(14-15-33)19-21-8-6-5-7-9-21/h5-11,16,20,25,28-30,33,36H,12-15,17-19H2,1-4H3/t20-,25?,28-,29-/m0/s1. The Hall–Kier alpha value is -2.76. The summed E-state index contributed by atoms with van der Waals surface area (Å²) in [6.07, 6.45) is -0.669. The van der Waals surface area contributed by atoms with E-state index in [1.165, 1.54) is 0 Å². The highest BCUT2D eigenvalue weighted by Crippen LogP contribution is 2.47. The molecule has 2 aliphatic heterocycles. The van der Waals surface area contributed by atoms with E-state index in [4.69, 9.17) is 9.47 Å². The summed E-state index contributed by atoms with van der Waals surface area (Å²) in [7, 11) is -1.25. The molecular formula is C29H41N3O6Si. The molecule has 10 heteroatoms. The van der Waals surface area contributed by atoms with Crippen LogP contribution in [0.4, 0.5) is 5.69 Å². The fraction of sp³-hybridized carbons (Fsp3) is 0.517. The Balaban J connectivity index is 1.59. The lowest BCUT2D eigenvalue weighted by atomic mass is 9.86. The first-order valence-corrected chi connectivity index (χ1v) is 16.7. The highest BCUT2D eigenvalue weighted by atomic mass is 28.4. The summed E-state index contributed by atoms with van der Waals surface area (Å²) in [5.41, 5.74) is 2.24. The molecule has 3 N–H and O–H groups in total. The Labute approximate surface area is 231 Å². The number of anilines is 1. The second-order valence-corrected chi connectivity index (χ2v) is 15.1. The number of carbonyl (C=O) groups is 2. The minimum atomic E-state index is -2.90. The van der Waals surface area contributed by atoms with Gasteiger partial charge in [0.05, 0.1) is 19.3 Å². The summed E-state index contributed by atoms with van der Waals surface area (Å²) >= 11 is 0. The van der Waals surface area contributed by atoms with Crippen LogP contribution in [0.5, 0.6) is 5.75 Å². The van der Waals surface area contributed by atoms with Gasteiger partial charge in [0, 0.05) is 62.4 Å². The van der Waals surface area contributed by atoms with E-state index in [0.717, 1.165) is 23.4 Å². The Morgan fingerprint density at radius 2 is 2.00 bits per heavy atom. The summed E-state index contributed by atoms with van der Waals surface area (Å²) < 4.78 is 12.5. The highest BCUT2D eigenvalue weighted by molar-refractivity contribution is 6.71. The number of ether oxygens (including phenoxy) is 2. The van der Waals surface area contributed by atoms with E-state index in [0.29, 0.717) is 25.4 Å². The number of hydrogen-bond acceptors (Lipinski definition) is 7. The van der Waals surface area contributed by atoms with Gasteiger partial charge in [-0.25, -0.2) is 0 Å². The van der Waals surface area contributed by atoms with Gasteiger partial charge < -0.3 is 34.5 Å². The van der Waals surface area contributed by atoms with Crippen LogP contribution < -0.4 is 15.0 Å². The van der Waals surface area contributed by atoms with Gasteiger partial charge in [-0.15, -0.1) is 0 Å². The molecule has 0 saturated carbocycles. The molecule has 4 atom stereocenters. The van der Waals surface area contributed by atoms with Crippen LogP contribution >= 0.6 is 0 Å². The number of fused-ring (bicyclic) bond motifs is 1. The van der Waals surface area contributed by atoms with Crippen molar-refractivity contribution in [2.45, 2.75) is 50.7 Å². The van der Waals surface area contributed by atoms with Gasteiger partial charge >= 0.3 is 0 Å². The normalized spacial score (nSPS) is 22.2. The molecule has 2 aliphatic rings. The predicted molar refractivity (Wildman–Crippen MR) is 152 cm³/mol. The maximum atomic E-state index is 13.6. The van der Waals surface area contributed by atoms with E-state index < -0.39 is 20.0 Å². The van der Waals surface area contributed by atoms with Crippen molar-refractivity contribution in [3.05, 3.63) is 59.7 Å². The van der Waals surface area contributed by atoms with Crippen molar-refractivity contribution in [1.82, 2.24) is 10.2 Å². The molecule has 9 nitrogen and oxygen atoms in total. The summed E-state index contributed by atoms with van der Waals surface area (Å²) in [6, 6.07) is 15.4. The summed E-state index contributed by atoms with van der Waals surface area (Å²) in [5, 5.41) is 12.7. The van der Waals surface area contributed by atoms with Gasteiger partial charge in [-0.2, -0.15) is 0 Å². The van der Waals surface area contributed by atoms with Gasteiger partial charge in [0.25, 0.3) is 0 Å². The van der Waals surface area contributed by atoms with Crippen LogP contribution in [-0.4, -0.2) is 80.9 Å². The second-order valence-electron chi connectivity index (χ2n) is 11.0. The van der Waals surface area contributed by atoms with Crippen LogP contribution in [0.1, 0.15) is 30.6 Å². The average Bonchev–Trinajstić information content (AvgIpc) is 2.91. The number of carbonyl (C=O) groups excluding carboxylic acids is 2. The summed E-state index contributed by atoms with van der Waals surface area (Å²) in [4.78, 5) is 40.9. The molecule has 212 valence electrons. The van der Waals surface area contributed by atoms with Gasteiger partial charge in [0.1, 0.15) is 11.9 Å². The smallest absolute Gasteiger partial charge is 0.240 e. The Kier molecular flexibility index (Phi) is 9.45. The van der Waals surface area contributed by atoms with Crippen molar-refractivity contribution in [3.8, 4) is 5.75 Å². The van der Waals surface area contributed by atoms with Crippen LogP contribution in [0.25, 0.3) is 0 Å². The lowest BCUT2D eigenvalue weighted by Crippen LogP contribution is -2.50. The molecule has 0 spiro atoms. The first kappa shape index (κ1) is 29.2. The third-order valence-corrected chi connectivity index (χ3v) is 10.2. The number of aliphatic hydroxyl groups excluding tert-OH is 1. The van der Waals surface area contributed by atoms with Crippen molar-refractivity contribution in [2.24, 2.45) is 5.92 Å². The number of nitrogens with zero attached hydrogens (tertiary/aromatic N) is 2. The first-order chi connectivity index (χ1) is 18.6. The number of rotatable bonds is 10. The lowest BCUT2D eigenvalue weighted by Gasteiger charge is -2.44. The fourth-order valence-electron chi connectivity index (χ4n) is 5.71. The molecule has 0 radical (unpaired) electrons. The quantitative estimate of drug-likeness (QED) is 0.387. The first-order valence-electron chi connectivity index (χ1n) is 13.6.